The van der Waals surface area contributed by atoms with Crippen molar-refractivity contribution in [2.45, 2.75) is 11.5 Å². The molecule has 6 nitrogen and oxygen atoms in total. The van der Waals surface area contributed by atoms with Gasteiger partial charge in [0, 0.05) is 28.3 Å². The predicted molar refractivity (Wildman–Crippen MR) is 199 cm³/mol. The van der Waals surface area contributed by atoms with Gasteiger partial charge < -0.3 is 9.13 Å². The second-order valence-corrected chi connectivity index (χ2v) is 13.1. The minimum Gasteiger partial charge on any atom is -0.309 e. The first-order valence-corrected chi connectivity index (χ1v) is 16.8. The summed E-state index contributed by atoms with van der Waals surface area (Å²) in [7, 11) is 0. The Morgan fingerprint density at radius 2 is 0.918 bits per heavy atom. The number of benzene rings is 6. The van der Waals surface area contributed by atoms with E-state index in [-0.39, 0.29) is 0 Å². The summed E-state index contributed by atoms with van der Waals surface area (Å²) in [6.45, 7) is 22.8. The first kappa shape index (κ1) is 28.5. The lowest BCUT2D eigenvalue weighted by Gasteiger charge is -2.16. The second kappa shape index (κ2) is 10.9. The summed E-state index contributed by atoms with van der Waals surface area (Å²) in [6.07, 6.45) is 0. The van der Waals surface area contributed by atoms with E-state index < -0.39 is 0 Å². The third-order valence-corrected chi connectivity index (χ3v) is 10.5. The molecule has 6 aromatic carbocycles. The van der Waals surface area contributed by atoms with Gasteiger partial charge >= 0.3 is 0 Å². The van der Waals surface area contributed by atoms with Crippen LogP contribution in [0.1, 0.15) is 16.7 Å². The van der Waals surface area contributed by atoms with Crippen molar-refractivity contribution in [2.24, 2.45) is 0 Å². The molecule has 0 aliphatic carbocycles. The van der Waals surface area contributed by atoms with Gasteiger partial charge in [-0.3, -0.25) is 0 Å². The molecular formula is C42H22N6S. The number of hydrogen-bond acceptors (Lipinski definition) is 2. The Balaban J connectivity index is 1.28. The van der Waals surface area contributed by atoms with E-state index >= 15 is 0 Å². The van der Waals surface area contributed by atoms with Crippen molar-refractivity contribution >= 4 is 72.4 Å². The van der Waals surface area contributed by atoms with Crippen molar-refractivity contribution in [3.8, 4) is 28.6 Å². The van der Waals surface area contributed by atoms with Gasteiger partial charge in [0.15, 0.2) is 17.1 Å². The Kier molecular flexibility index (Phi) is 6.33. The molecule has 0 atom stereocenters. The zero-order chi connectivity index (χ0) is 33.2. The largest absolute Gasteiger partial charge is 0.309 e. The number of fused-ring (bicyclic) bond motifs is 9. The van der Waals surface area contributed by atoms with Crippen LogP contribution in [-0.4, -0.2) is 9.13 Å². The fraction of sp³-hybridized carbons (Fsp3) is 0.0476. The number of nitrogens with zero attached hydrogens (tertiary/aromatic N) is 6. The standard InChI is InChI=1S/C42H22N6S/c1-44-28-7-13-40-36(17-28)35-16-25(22-43)4-12-39(35)47(40)31-10-5-26-23-49-24-27-6-11-32(21-34(27)33(26)20-31)48-41-14-8-29(45-2)18-37(41)38-19-30(46-3)9-15-42(38)48/h4-21H,23-24H2. The zero-order valence-electron chi connectivity index (χ0n) is 25.9. The fourth-order valence-electron chi connectivity index (χ4n) is 7.28. The smallest absolute Gasteiger partial charge is 0.188 e. The van der Waals surface area contributed by atoms with E-state index in [4.69, 9.17) is 19.7 Å². The molecule has 0 amide bonds. The number of aromatic nitrogens is 2. The highest BCUT2D eigenvalue weighted by molar-refractivity contribution is 7.97. The molecule has 7 heteroatoms. The summed E-state index contributed by atoms with van der Waals surface area (Å²) in [5.74, 6) is 1.78. The van der Waals surface area contributed by atoms with Gasteiger partial charge in [-0.1, -0.05) is 30.3 Å². The van der Waals surface area contributed by atoms with E-state index in [9.17, 15) is 5.26 Å². The molecule has 0 saturated carbocycles. The van der Waals surface area contributed by atoms with Crippen molar-refractivity contribution in [3.63, 3.8) is 0 Å². The molecule has 0 bridgehead atoms. The monoisotopic (exact) mass is 642 g/mol. The second-order valence-electron chi connectivity index (χ2n) is 12.1. The normalized spacial score (nSPS) is 12.2. The van der Waals surface area contributed by atoms with Gasteiger partial charge in [-0.05, 0) is 117 Å². The Morgan fingerprint density at radius 1 is 0.510 bits per heavy atom. The molecule has 0 unspecified atom stereocenters. The Hall–Kier alpha value is -6.77. The lowest BCUT2D eigenvalue weighted by Crippen LogP contribution is -1.99. The summed E-state index contributed by atoms with van der Waals surface area (Å²) in [4.78, 5) is 11.0. The van der Waals surface area contributed by atoms with E-state index in [1.807, 2.05) is 84.6 Å². The lowest BCUT2D eigenvalue weighted by atomic mass is 9.95. The SMILES string of the molecule is [C-]#[N+]c1ccc2c(c1)c1cc(C#N)ccc1n2-c1ccc2c(c1)-c1cc(-n3c4ccc([N+]#[C-])cc4c4cc([N+]#[C-])ccc43)ccc1CSC2. The highest BCUT2D eigenvalue weighted by Gasteiger charge is 2.21. The highest BCUT2D eigenvalue weighted by Crippen LogP contribution is 2.42. The van der Waals surface area contributed by atoms with E-state index in [0.29, 0.717) is 22.6 Å². The van der Waals surface area contributed by atoms with Crippen LogP contribution in [0.4, 0.5) is 17.1 Å². The molecule has 2 aromatic heterocycles. The Labute approximate surface area is 286 Å². The van der Waals surface area contributed by atoms with Crippen LogP contribution in [0.2, 0.25) is 0 Å². The minimum atomic E-state index is 0.565. The van der Waals surface area contributed by atoms with E-state index in [0.717, 1.165) is 66.5 Å². The third-order valence-electron chi connectivity index (χ3n) is 9.51. The molecule has 8 aromatic rings. The van der Waals surface area contributed by atoms with E-state index in [2.05, 4.69) is 66.1 Å². The molecule has 0 spiro atoms. The first-order chi connectivity index (χ1) is 24.1. The van der Waals surface area contributed by atoms with Crippen LogP contribution in [0.25, 0.3) is 80.6 Å². The molecular weight excluding hydrogens is 621 g/mol. The number of rotatable bonds is 2. The van der Waals surface area contributed by atoms with Crippen LogP contribution in [0.15, 0.2) is 109 Å². The summed E-state index contributed by atoms with van der Waals surface area (Å²) >= 11 is 1.91. The quantitative estimate of drug-likeness (QED) is 0.176. The maximum Gasteiger partial charge on any atom is 0.188 e. The third kappa shape index (κ3) is 4.32. The van der Waals surface area contributed by atoms with Crippen LogP contribution in [0.3, 0.4) is 0 Å². The van der Waals surface area contributed by atoms with Gasteiger partial charge in [-0.15, -0.1) is 0 Å². The predicted octanol–water partition coefficient (Wildman–Crippen LogP) is 11.8. The average Bonchev–Trinajstić information content (AvgIpc) is 3.58. The van der Waals surface area contributed by atoms with Gasteiger partial charge in [0.25, 0.3) is 0 Å². The minimum absolute atomic E-state index is 0.565. The summed E-state index contributed by atoms with van der Waals surface area (Å²) in [5, 5.41) is 13.5. The molecule has 0 N–H and O–H groups in total. The maximum atomic E-state index is 9.67. The van der Waals surface area contributed by atoms with Crippen molar-refractivity contribution in [2.75, 3.05) is 0 Å². The molecule has 49 heavy (non-hydrogen) atoms. The molecule has 9 rings (SSSR count). The van der Waals surface area contributed by atoms with Crippen LogP contribution in [-0.2, 0) is 11.5 Å². The molecule has 1 aliphatic heterocycles. The molecule has 1 aliphatic rings. The van der Waals surface area contributed by atoms with E-state index in [1.54, 1.807) is 0 Å². The number of hydrogen-bond donors (Lipinski definition) is 0. The zero-order valence-corrected chi connectivity index (χ0v) is 26.7. The lowest BCUT2D eigenvalue weighted by molar-refractivity contribution is 1.17. The number of nitriles is 1. The molecule has 0 saturated heterocycles. The van der Waals surface area contributed by atoms with Gasteiger partial charge in [0.2, 0.25) is 0 Å². The van der Waals surface area contributed by atoms with Crippen LogP contribution in [0, 0.1) is 31.0 Å². The summed E-state index contributed by atoms with van der Waals surface area (Å²) in [6, 6.07) is 38.7. The molecule has 0 fully saturated rings. The average molecular weight is 643 g/mol. The van der Waals surface area contributed by atoms with Gasteiger partial charge in [0.05, 0.1) is 53.4 Å². The summed E-state index contributed by atoms with van der Waals surface area (Å²) < 4.78 is 4.47. The van der Waals surface area contributed by atoms with Gasteiger partial charge in [-0.2, -0.15) is 17.0 Å². The Morgan fingerprint density at radius 3 is 1.33 bits per heavy atom. The van der Waals surface area contributed by atoms with Crippen LogP contribution in [0.5, 0.6) is 0 Å². The summed E-state index contributed by atoms with van der Waals surface area (Å²) in [5.41, 5.74) is 13.1. The highest BCUT2D eigenvalue weighted by atomic mass is 32.2. The first-order valence-electron chi connectivity index (χ1n) is 15.6. The van der Waals surface area contributed by atoms with Crippen molar-refractivity contribution in [1.29, 1.82) is 5.26 Å². The van der Waals surface area contributed by atoms with Crippen molar-refractivity contribution in [1.82, 2.24) is 9.13 Å². The van der Waals surface area contributed by atoms with Crippen LogP contribution < -0.4 is 0 Å². The van der Waals surface area contributed by atoms with Gasteiger partial charge in [-0.25, -0.2) is 14.5 Å². The number of thioether (sulfide) groups is 1. The van der Waals surface area contributed by atoms with Crippen molar-refractivity contribution in [3.05, 3.63) is 160 Å². The topological polar surface area (TPSA) is 46.7 Å². The van der Waals surface area contributed by atoms with Crippen LogP contribution >= 0.6 is 11.8 Å². The van der Waals surface area contributed by atoms with Gasteiger partial charge in [0.1, 0.15) is 0 Å². The maximum absolute atomic E-state index is 9.67. The molecule has 0 radical (unpaired) electrons. The Bertz CT molecular complexity index is 2570. The molecule has 226 valence electrons. The molecule has 3 heterocycles. The fourth-order valence-corrected chi connectivity index (χ4v) is 8.32. The van der Waals surface area contributed by atoms with E-state index in [1.165, 1.54) is 22.3 Å². The van der Waals surface area contributed by atoms with Crippen molar-refractivity contribution < 1.29 is 0 Å².